The molecule has 5 heteroatoms. The van der Waals surface area contributed by atoms with Crippen LogP contribution in [-0.2, 0) is 11.3 Å². The van der Waals surface area contributed by atoms with E-state index < -0.39 is 0 Å². The average Bonchev–Trinajstić information content (AvgIpc) is 3.29. The molecule has 9 atom stereocenters. The Morgan fingerprint density at radius 3 is 2.62 bits per heavy atom. The molecule has 0 radical (unpaired) electrons. The quantitative estimate of drug-likeness (QED) is 0.645. The topological polar surface area (TPSA) is 82.5 Å². The number of rotatable bonds is 3. The fourth-order valence-electron chi connectivity index (χ4n) is 9.07. The van der Waals surface area contributed by atoms with E-state index in [4.69, 9.17) is 5.26 Å². The third-order valence-electron chi connectivity index (χ3n) is 10.2. The Balaban J connectivity index is 1.36. The van der Waals surface area contributed by atoms with Gasteiger partial charge in [0, 0.05) is 12.0 Å². The van der Waals surface area contributed by atoms with Crippen LogP contribution in [0.2, 0.25) is 0 Å². The van der Waals surface area contributed by atoms with Crippen LogP contribution >= 0.6 is 0 Å². The summed E-state index contributed by atoms with van der Waals surface area (Å²) in [5, 5.41) is 22.7. The first-order valence-corrected chi connectivity index (χ1v) is 12.8. The SMILES string of the molecule is CC1CCC2C(CCC3C2CCC2(C)C3CC(C)C2C(=O)Cn2nc(C#N)cc2C#N)C1. The van der Waals surface area contributed by atoms with E-state index in [0.29, 0.717) is 17.5 Å². The molecule has 5 rings (SSSR count). The van der Waals surface area contributed by atoms with Gasteiger partial charge in [0.15, 0.2) is 11.5 Å². The normalized spacial score (nSPS) is 42.8. The summed E-state index contributed by atoms with van der Waals surface area (Å²) in [6.07, 6.45) is 10.6. The van der Waals surface area contributed by atoms with Crippen LogP contribution in [0.15, 0.2) is 6.07 Å². The molecule has 0 saturated heterocycles. The van der Waals surface area contributed by atoms with E-state index in [1.54, 1.807) is 0 Å². The van der Waals surface area contributed by atoms with Crippen molar-refractivity contribution in [3.8, 4) is 12.1 Å². The van der Waals surface area contributed by atoms with Gasteiger partial charge in [-0.15, -0.1) is 0 Å². The molecule has 9 unspecified atom stereocenters. The predicted molar refractivity (Wildman–Crippen MR) is 121 cm³/mol. The maximum absolute atomic E-state index is 13.6. The molecule has 0 spiro atoms. The molecule has 4 aliphatic carbocycles. The minimum atomic E-state index is 0.0267. The maximum Gasteiger partial charge on any atom is 0.163 e. The van der Waals surface area contributed by atoms with Crippen molar-refractivity contribution >= 4 is 5.78 Å². The standard InChI is InChI=1S/C27H36N4O/c1-16-4-6-21-18(10-16)5-7-23-22(21)8-9-27(3)24(23)11-17(2)26(27)25(32)15-31-20(14-29)12-19(13-28)30-31/h12,16-18,21-24,26H,4-11,15H2,1-3H3. The number of carbonyl (C=O) groups is 1. The van der Waals surface area contributed by atoms with Crippen LogP contribution < -0.4 is 0 Å². The third kappa shape index (κ3) is 3.32. The number of hydrogen-bond donors (Lipinski definition) is 0. The highest BCUT2D eigenvalue weighted by Gasteiger charge is 2.60. The Bertz CT molecular complexity index is 983. The van der Waals surface area contributed by atoms with Crippen LogP contribution in [0.3, 0.4) is 0 Å². The lowest BCUT2D eigenvalue weighted by Crippen LogP contribution is -2.49. The summed E-state index contributed by atoms with van der Waals surface area (Å²) in [6, 6.07) is 5.55. The summed E-state index contributed by atoms with van der Waals surface area (Å²) in [6.45, 7) is 7.21. The second kappa shape index (κ2) is 8.02. The van der Waals surface area contributed by atoms with Gasteiger partial charge in [0.05, 0.1) is 0 Å². The van der Waals surface area contributed by atoms with E-state index in [9.17, 15) is 10.1 Å². The number of aromatic nitrogens is 2. The minimum absolute atomic E-state index is 0.0267. The molecule has 4 fully saturated rings. The van der Waals surface area contributed by atoms with Crippen LogP contribution in [0, 0.1) is 75.4 Å². The fourth-order valence-corrected chi connectivity index (χ4v) is 9.07. The summed E-state index contributed by atoms with van der Waals surface area (Å²) in [5.41, 5.74) is 0.567. The van der Waals surface area contributed by atoms with E-state index in [1.807, 2.05) is 6.07 Å². The van der Waals surface area contributed by atoms with E-state index in [0.717, 1.165) is 42.4 Å². The first-order chi connectivity index (χ1) is 15.4. The van der Waals surface area contributed by atoms with Gasteiger partial charge in [0.2, 0.25) is 0 Å². The molecule has 4 aliphatic rings. The molecular weight excluding hydrogens is 396 g/mol. The van der Waals surface area contributed by atoms with Crippen LogP contribution in [-0.4, -0.2) is 15.6 Å². The fraction of sp³-hybridized carbons (Fsp3) is 0.778. The van der Waals surface area contributed by atoms with Crippen LogP contribution in [0.5, 0.6) is 0 Å². The zero-order chi connectivity index (χ0) is 22.6. The van der Waals surface area contributed by atoms with E-state index in [-0.39, 0.29) is 29.4 Å². The Morgan fingerprint density at radius 2 is 1.88 bits per heavy atom. The van der Waals surface area contributed by atoms with Gasteiger partial charge in [0.25, 0.3) is 0 Å². The van der Waals surface area contributed by atoms with E-state index in [2.05, 4.69) is 31.9 Å². The highest BCUT2D eigenvalue weighted by molar-refractivity contribution is 5.82. The van der Waals surface area contributed by atoms with E-state index in [1.165, 1.54) is 49.3 Å². The van der Waals surface area contributed by atoms with Crippen molar-refractivity contribution in [2.75, 3.05) is 0 Å². The van der Waals surface area contributed by atoms with Crippen molar-refractivity contribution in [1.29, 1.82) is 10.5 Å². The molecule has 32 heavy (non-hydrogen) atoms. The number of nitriles is 2. The second-order valence-electron chi connectivity index (χ2n) is 11.9. The van der Waals surface area contributed by atoms with Crippen molar-refractivity contribution in [3.63, 3.8) is 0 Å². The number of ketones is 1. The Kier molecular flexibility index (Phi) is 5.43. The summed E-state index contributed by atoms with van der Waals surface area (Å²) >= 11 is 0. The monoisotopic (exact) mass is 432 g/mol. The first-order valence-electron chi connectivity index (χ1n) is 12.8. The number of fused-ring (bicyclic) bond motifs is 5. The number of nitrogens with zero attached hydrogens (tertiary/aromatic N) is 4. The highest BCUT2D eigenvalue weighted by Crippen LogP contribution is 2.65. The lowest BCUT2D eigenvalue weighted by atomic mass is 9.49. The van der Waals surface area contributed by atoms with Crippen LogP contribution in [0.4, 0.5) is 0 Å². The molecule has 0 bridgehead atoms. The zero-order valence-corrected chi connectivity index (χ0v) is 19.8. The van der Waals surface area contributed by atoms with Crippen molar-refractivity contribution in [2.24, 2.45) is 52.8 Å². The Hall–Kier alpha value is -2.14. The highest BCUT2D eigenvalue weighted by atomic mass is 16.1. The summed E-state index contributed by atoms with van der Waals surface area (Å²) < 4.78 is 1.45. The van der Waals surface area contributed by atoms with Crippen LogP contribution in [0.25, 0.3) is 0 Å². The molecule has 5 nitrogen and oxygen atoms in total. The molecule has 0 N–H and O–H groups in total. The molecular formula is C27H36N4O. The Morgan fingerprint density at radius 1 is 1.09 bits per heavy atom. The first kappa shape index (κ1) is 21.7. The summed E-state index contributed by atoms with van der Waals surface area (Å²) in [5.74, 6) is 5.67. The van der Waals surface area contributed by atoms with Gasteiger partial charge in [-0.3, -0.25) is 4.79 Å². The molecule has 1 aromatic heterocycles. The van der Waals surface area contributed by atoms with Crippen molar-refractivity contribution in [2.45, 2.75) is 78.7 Å². The van der Waals surface area contributed by atoms with Crippen molar-refractivity contribution in [1.82, 2.24) is 9.78 Å². The van der Waals surface area contributed by atoms with Gasteiger partial charge >= 0.3 is 0 Å². The summed E-state index contributed by atoms with van der Waals surface area (Å²) in [7, 11) is 0. The lowest BCUT2D eigenvalue weighted by molar-refractivity contribution is -0.132. The average molecular weight is 433 g/mol. The van der Waals surface area contributed by atoms with Crippen molar-refractivity contribution in [3.05, 3.63) is 17.5 Å². The minimum Gasteiger partial charge on any atom is -0.297 e. The van der Waals surface area contributed by atoms with Crippen molar-refractivity contribution < 1.29 is 4.79 Å². The number of carbonyl (C=O) groups excluding carboxylic acids is 1. The van der Waals surface area contributed by atoms with Crippen LogP contribution in [0.1, 0.15) is 83.5 Å². The van der Waals surface area contributed by atoms with Gasteiger partial charge < -0.3 is 0 Å². The molecule has 1 heterocycles. The number of hydrogen-bond acceptors (Lipinski definition) is 4. The van der Waals surface area contributed by atoms with Gasteiger partial charge in [0.1, 0.15) is 24.4 Å². The predicted octanol–water partition coefficient (Wildman–Crippen LogP) is 5.35. The molecule has 0 aliphatic heterocycles. The molecule has 1 aromatic rings. The smallest absolute Gasteiger partial charge is 0.163 e. The largest absolute Gasteiger partial charge is 0.297 e. The maximum atomic E-state index is 13.6. The van der Waals surface area contributed by atoms with Gasteiger partial charge in [-0.25, -0.2) is 4.68 Å². The van der Waals surface area contributed by atoms with E-state index >= 15 is 0 Å². The third-order valence-corrected chi connectivity index (χ3v) is 10.2. The Labute approximate surface area is 192 Å². The van der Waals surface area contributed by atoms with Gasteiger partial charge in [-0.2, -0.15) is 15.6 Å². The van der Waals surface area contributed by atoms with Gasteiger partial charge in [-0.05, 0) is 91.8 Å². The molecule has 0 amide bonds. The summed E-state index contributed by atoms with van der Waals surface area (Å²) in [4.78, 5) is 13.6. The zero-order valence-electron chi connectivity index (χ0n) is 19.8. The molecule has 170 valence electrons. The molecule has 4 saturated carbocycles. The lowest BCUT2D eigenvalue weighted by Gasteiger charge is -2.56. The second-order valence-corrected chi connectivity index (χ2v) is 11.9. The van der Waals surface area contributed by atoms with Gasteiger partial charge in [-0.1, -0.05) is 27.2 Å². The number of Topliss-reactive ketones (excluding diaryl/α,β-unsaturated/α-hetero) is 1. The molecule has 0 aromatic carbocycles.